The molecule has 0 atom stereocenters. The highest BCUT2D eigenvalue weighted by Gasteiger charge is 2.19. The second kappa shape index (κ2) is 6.12. The highest BCUT2D eigenvalue weighted by molar-refractivity contribution is 4.91. The van der Waals surface area contributed by atoms with Crippen molar-refractivity contribution in [2.45, 2.75) is 65.8 Å². The van der Waals surface area contributed by atoms with Crippen molar-refractivity contribution in [1.29, 1.82) is 5.26 Å². The Kier molecular flexibility index (Phi) is 5.90. The zero-order chi connectivity index (χ0) is 11.9. The minimum absolute atomic E-state index is 0.170. The standard InChI is InChI=1S/C13H26N2/c1-6-13(5,7-2)15-10-8-9-12(3,4)11-14/h15H,6-10H2,1-5H3. The van der Waals surface area contributed by atoms with Gasteiger partial charge in [-0.3, -0.25) is 0 Å². The molecule has 0 aromatic heterocycles. The molecule has 0 aromatic carbocycles. The van der Waals surface area contributed by atoms with Crippen LogP contribution >= 0.6 is 0 Å². The molecule has 0 radical (unpaired) electrons. The van der Waals surface area contributed by atoms with E-state index in [4.69, 9.17) is 5.26 Å². The van der Waals surface area contributed by atoms with Gasteiger partial charge in [-0.1, -0.05) is 13.8 Å². The summed E-state index contributed by atoms with van der Waals surface area (Å²) in [7, 11) is 0. The van der Waals surface area contributed by atoms with Crippen molar-refractivity contribution in [3.63, 3.8) is 0 Å². The van der Waals surface area contributed by atoms with Crippen LogP contribution in [-0.2, 0) is 0 Å². The molecule has 1 N–H and O–H groups in total. The average molecular weight is 210 g/mol. The van der Waals surface area contributed by atoms with Gasteiger partial charge < -0.3 is 5.32 Å². The molecule has 15 heavy (non-hydrogen) atoms. The van der Waals surface area contributed by atoms with E-state index in [1.165, 1.54) is 0 Å². The molecule has 0 fully saturated rings. The SMILES string of the molecule is CCC(C)(CC)NCCCC(C)(C)C#N. The van der Waals surface area contributed by atoms with Crippen LogP contribution < -0.4 is 5.32 Å². The number of hydrogen-bond acceptors (Lipinski definition) is 2. The molecule has 0 saturated heterocycles. The van der Waals surface area contributed by atoms with E-state index in [0.717, 1.165) is 32.2 Å². The van der Waals surface area contributed by atoms with Gasteiger partial charge in [-0.25, -0.2) is 0 Å². The van der Waals surface area contributed by atoms with Gasteiger partial charge >= 0.3 is 0 Å². The van der Waals surface area contributed by atoms with Crippen LogP contribution in [0, 0.1) is 16.7 Å². The van der Waals surface area contributed by atoms with E-state index in [-0.39, 0.29) is 11.0 Å². The third kappa shape index (κ3) is 5.79. The summed E-state index contributed by atoms with van der Waals surface area (Å²) in [6.07, 6.45) is 4.37. The molecule has 88 valence electrons. The lowest BCUT2D eigenvalue weighted by Crippen LogP contribution is -2.41. The first kappa shape index (κ1) is 14.5. The smallest absolute Gasteiger partial charge is 0.0683 e. The summed E-state index contributed by atoms with van der Waals surface area (Å²) in [5.74, 6) is 0. The molecule has 0 aliphatic rings. The maximum atomic E-state index is 8.88. The zero-order valence-corrected chi connectivity index (χ0v) is 11.0. The fourth-order valence-corrected chi connectivity index (χ4v) is 1.48. The highest BCUT2D eigenvalue weighted by atomic mass is 15.0. The van der Waals surface area contributed by atoms with Crippen LogP contribution in [0.5, 0.6) is 0 Å². The fraction of sp³-hybridized carbons (Fsp3) is 0.923. The molecule has 0 bridgehead atoms. The number of nitrogens with one attached hydrogen (secondary N) is 1. The van der Waals surface area contributed by atoms with Crippen molar-refractivity contribution in [2.75, 3.05) is 6.54 Å². The second-order valence-electron chi connectivity index (χ2n) is 5.29. The van der Waals surface area contributed by atoms with Crippen LogP contribution in [0.1, 0.15) is 60.3 Å². The molecular weight excluding hydrogens is 184 g/mol. The van der Waals surface area contributed by atoms with Crippen LogP contribution in [0.2, 0.25) is 0 Å². The van der Waals surface area contributed by atoms with Crippen LogP contribution in [0.4, 0.5) is 0 Å². The normalized spacial score (nSPS) is 12.5. The van der Waals surface area contributed by atoms with Crippen molar-refractivity contribution in [1.82, 2.24) is 5.32 Å². The molecule has 0 rings (SSSR count). The fourth-order valence-electron chi connectivity index (χ4n) is 1.48. The van der Waals surface area contributed by atoms with Gasteiger partial charge in [0.15, 0.2) is 0 Å². The zero-order valence-electron chi connectivity index (χ0n) is 11.0. The Morgan fingerprint density at radius 3 is 2.07 bits per heavy atom. The third-order valence-electron chi connectivity index (χ3n) is 3.39. The van der Waals surface area contributed by atoms with Gasteiger partial charge in [-0.2, -0.15) is 5.26 Å². The Morgan fingerprint density at radius 1 is 1.13 bits per heavy atom. The molecule has 2 heteroatoms. The summed E-state index contributed by atoms with van der Waals surface area (Å²) < 4.78 is 0. The van der Waals surface area contributed by atoms with Crippen LogP contribution in [-0.4, -0.2) is 12.1 Å². The quantitative estimate of drug-likeness (QED) is 0.653. The largest absolute Gasteiger partial charge is 0.312 e. The first-order valence-electron chi connectivity index (χ1n) is 6.05. The van der Waals surface area contributed by atoms with Gasteiger partial charge in [0.05, 0.1) is 11.5 Å². The summed E-state index contributed by atoms with van der Waals surface area (Å²) in [4.78, 5) is 0. The van der Waals surface area contributed by atoms with Gasteiger partial charge in [0.1, 0.15) is 0 Å². The van der Waals surface area contributed by atoms with Crippen LogP contribution in [0.3, 0.4) is 0 Å². The van der Waals surface area contributed by atoms with Crippen molar-refractivity contribution in [3.8, 4) is 6.07 Å². The van der Waals surface area contributed by atoms with E-state index in [0.29, 0.717) is 0 Å². The number of nitriles is 1. The maximum absolute atomic E-state index is 8.88. The topological polar surface area (TPSA) is 35.8 Å². The van der Waals surface area contributed by atoms with Crippen molar-refractivity contribution < 1.29 is 0 Å². The minimum atomic E-state index is -0.170. The monoisotopic (exact) mass is 210 g/mol. The van der Waals surface area contributed by atoms with E-state index < -0.39 is 0 Å². The maximum Gasteiger partial charge on any atom is 0.0683 e. The Balaban J connectivity index is 3.77. The summed E-state index contributed by atoms with van der Waals surface area (Å²) in [6.45, 7) is 11.7. The van der Waals surface area contributed by atoms with E-state index in [1.807, 2.05) is 13.8 Å². The first-order chi connectivity index (χ1) is 6.89. The van der Waals surface area contributed by atoms with Crippen molar-refractivity contribution in [3.05, 3.63) is 0 Å². The second-order valence-corrected chi connectivity index (χ2v) is 5.29. The third-order valence-corrected chi connectivity index (χ3v) is 3.39. The van der Waals surface area contributed by atoms with Gasteiger partial charge in [0.25, 0.3) is 0 Å². The number of hydrogen-bond donors (Lipinski definition) is 1. The molecule has 0 aliphatic heterocycles. The molecule has 0 heterocycles. The Hall–Kier alpha value is -0.550. The molecule has 0 saturated carbocycles. The molecular formula is C13H26N2. The highest BCUT2D eigenvalue weighted by Crippen LogP contribution is 2.20. The molecule has 0 spiro atoms. The first-order valence-corrected chi connectivity index (χ1v) is 6.05. The molecule has 0 amide bonds. The Morgan fingerprint density at radius 2 is 1.67 bits per heavy atom. The molecule has 2 nitrogen and oxygen atoms in total. The molecule has 0 aliphatic carbocycles. The predicted octanol–water partition coefficient (Wildman–Crippen LogP) is 3.48. The summed E-state index contributed by atoms with van der Waals surface area (Å²) in [5, 5.41) is 12.5. The molecule has 0 aromatic rings. The van der Waals surface area contributed by atoms with Gasteiger partial charge in [-0.15, -0.1) is 0 Å². The van der Waals surface area contributed by atoms with Crippen LogP contribution in [0.15, 0.2) is 0 Å². The minimum Gasteiger partial charge on any atom is -0.312 e. The molecule has 0 unspecified atom stereocenters. The van der Waals surface area contributed by atoms with Crippen molar-refractivity contribution >= 4 is 0 Å². The summed E-state index contributed by atoms with van der Waals surface area (Å²) in [5.41, 5.74) is 0.104. The number of nitrogens with zero attached hydrogens (tertiary/aromatic N) is 1. The lowest BCUT2D eigenvalue weighted by atomic mass is 9.89. The predicted molar refractivity (Wildman–Crippen MR) is 65.6 cm³/mol. The number of rotatable bonds is 7. The van der Waals surface area contributed by atoms with Gasteiger partial charge in [0, 0.05) is 5.54 Å². The lowest BCUT2D eigenvalue weighted by molar-refractivity contribution is 0.317. The van der Waals surface area contributed by atoms with Gasteiger partial charge in [-0.05, 0) is 53.0 Å². The summed E-state index contributed by atoms with van der Waals surface area (Å²) >= 11 is 0. The van der Waals surface area contributed by atoms with E-state index in [1.54, 1.807) is 0 Å². The average Bonchev–Trinajstić information content (AvgIpc) is 2.24. The van der Waals surface area contributed by atoms with E-state index in [9.17, 15) is 0 Å². The van der Waals surface area contributed by atoms with Crippen molar-refractivity contribution in [2.24, 2.45) is 5.41 Å². The van der Waals surface area contributed by atoms with E-state index >= 15 is 0 Å². The van der Waals surface area contributed by atoms with Gasteiger partial charge in [0.2, 0.25) is 0 Å². The Labute approximate surface area is 95.1 Å². The van der Waals surface area contributed by atoms with E-state index in [2.05, 4.69) is 32.2 Å². The van der Waals surface area contributed by atoms with Crippen LogP contribution in [0.25, 0.3) is 0 Å². The lowest BCUT2D eigenvalue weighted by Gasteiger charge is -2.29. The summed E-state index contributed by atoms with van der Waals surface area (Å²) in [6, 6.07) is 2.34. The Bertz CT molecular complexity index is 209.